The molecular formula is C24H34FN3O3. The smallest absolute Gasteiger partial charge is 0.127 e. The summed E-state index contributed by atoms with van der Waals surface area (Å²) in [7, 11) is 3.73. The van der Waals surface area contributed by atoms with Crippen LogP contribution in [0.4, 0.5) is 4.39 Å². The van der Waals surface area contributed by atoms with Crippen molar-refractivity contribution in [2.45, 2.75) is 26.1 Å². The first kappa shape index (κ1) is 23.5. The third-order valence-corrected chi connectivity index (χ3v) is 5.71. The van der Waals surface area contributed by atoms with Crippen molar-refractivity contribution in [3.8, 4) is 11.5 Å². The molecule has 0 amide bonds. The number of benzene rings is 2. The van der Waals surface area contributed by atoms with Crippen molar-refractivity contribution in [1.29, 1.82) is 0 Å². The van der Waals surface area contributed by atoms with E-state index in [0.29, 0.717) is 31.1 Å². The minimum Gasteiger partial charge on any atom is -0.497 e. The fourth-order valence-corrected chi connectivity index (χ4v) is 3.67. The van der Waals surface area contributed by atoms with Crippen molar-refractivity contribution in [3.63, 3.8) is 0 Å². The maximum absolute atomic E-state index is 13.5. The van der Waals surface area contributed by atoms with Gasteiger partial charge in [0.05, 0.1) is 7.11 Å². The summed E-state index contributed by atoms with van der Waals surface area (Å²) in [6.45, 7) is 7.86. The Kier molecular flexibility index (Phi) is 8.66. The van der Waals surface area contributed by atoms with Gasteiger partial charge in [-0.05, 0) is 43.3 Å². The lowest BCUT2D eigenvalue weighted by Gasteiger charge is -2.33. The van der Waals surface area contributed by atoms with Gasteiger partial charge in [0.2, 0.25) is 0 Å². The first-order valence-corrected chi connectivity index (χ1v) is 10.8. The molecule has 2 aromatic rings. The van der Waals surface area contributed by atoms with Crippen LogP contribution in [0.1, 0.15) is 16.7 Å². The molecule has 3 rings (SSSR count). The summed E-state index contributed by atoms with van der Waals surface area (Å²) in [6, 6.07) is 10.5. The lowest BCUT2D eigenvalue weighted by molar-refractivity contribution is 0.0501. The van der Waals surface area contributed by atoms with E-state index in [9.17, 15) is 9.50 Å². The molecule has 0 bridgehead atoms. The predicted octanol–water partition coefficient (Wildman–Crippen LogP) is 2.42. The van der Waals surface area contributed by atoms with Gasteiger partial charge in [0.25, 0.3) is 0 Å². The molecule has 1 aliphatic heterocycles. The number of hydrogen-bond donors (Lipinski definition) is 2. The Labute approximate surface area is 184 Å². The van der Waals surface area contributed by atoms with Crippen molar-refractivity contribution in [1.82, 2.24) is 15.1 Å². The van der Waals surface area contributed by atoms with Crippen LogP contribution in [0.15, 0.2) is 36.4 Å². The van der Waals surface area contributed by atoms with E-state index in [-0.39, 0.29) is 12.4 Å². The number of ether oxygens (including phenoxy) is 2. The first-order valence-electron chi connectivity index (χ1n) is 10.8. The number of likely N-dealkylation sites (N-methyl/N-ethyl adjacent to an activating group) is 1. The van der Waals surface area contributed by atoms with E-state index in [2.05, 4.69) is 22.2 Å². The SMILES string of the molecule is COc1ccc(CNCc2cc(F)ccc2C)c(OC[C@H](O)CN2CCN(C)CC2)c1. The molecule has 0 aliphatic carbocycles. The second-order valence-corrected chi connectivity index (χ2v) is 8.22. The van der Waals surface area contributed by atoms with Gasteiger partial charge in [0.15, 0.2) is 0 Å². The average Bonchev–Trinajstić information content (AvgIpc) is 2.77. The molecule has 6 nitrogen and oxygen atoms in total. The third kappa shape index (κ3) is 7.18. The van der Waals surface area contributed by atoms with Crippen molar-refractivity contribution in [2.24, 2.45) is 0 Å². The maximum atomic E-state index is 13.5. The fourth-order valence-electron chi connectivity index (χ4n) is 3.67. The van der Waals surface area contributed by atoms with Gasteiger partial charge in [0.1, 0.15) is 30.0 Å². The highest BCUT2D eigenvalue weighted by atomic mass is 19.1. The highest BCUT2D eigenvalue weighted by molar-refractivity contribution is 5.41. The Hall–Kier alpha value is -2.19. The van der Waals surface area contributed by atoms with Crippen LogP contribution in [0.2, 0.25) is 0 Å². The number of nitrogens with one attached hydrogen (secondary N) is 1. The molecule has 1 fully saturated rings. The molecule has 7 heteroatoms. The molecule has 0 aromatic heterocycles. The largest absolute Gasteiger partial charge is 0.497 e. The lowest BCUT2D eigenvalue weighted by Crippen LogP contribution is -2.47. The molecule has 2 aromatic carbocycles. The van der Waals surface area contributed by atoms with E-state index in [1.165, 1.54) is 6.07 Å². The second kappa shape index (κ2) is 11.4. The molecule has 1 saturated heterocycles. The van der Waals surface area contributed by atoms with Crippen molar-refractivity contribution < 1.29 is 19.0 Å². The molecule has 1 aliphatic rings. The van der Waals surface area contributed by atoms with Gasteiger partial charge in [-0.15, -0.1) is 0 Å². The number of methoxy groups -OCH3 is 1. The summed E-state index contributed by atoms with van der Waals surface area (Å²) in [4.78, 5) is 4.56. The maximum Gasteiger partial charge on any atom is 0.127 e. The first-order chi connectivity index (χ1) is 14.9. The number of aliphatic hydroxyl groups is 1. The quantitative estimate of drug-likeness (QED) is 0.603. The summed E-state index contributed by atoms with van der Waals surface area (Å²) < 4.78 is 24.8. The molecule has 0 saturated carbocycles. The van der Waals surface area contributed by atoms with Gasteiger partial charge in [0, 0.05) is 57.4 Å². The highest BCUT2D eigenvalue weighted by Crippen LogP contribution is 2.25. The van der Waals surface area contributed by atoms with Gasteiger partial charge >= 0.3 is 0 Å². The van der Waals surface area contributed by atoms with E-state index < -0.39 is 6.10 Å². The van der Waals surface area contributed by atoms with Crippen molar-refractivity contribution >= 4 is 0 Å². The minimum absolute atomic E-state index is 0.218. The Balaban J connectivity index is 1.55. The van der Waals surface area contributed by atoms with Gasteiger partial charge in [-0.25, -0.2) is 4.39 Å². The Morgan fingerprint density at radius 1 is 1.06 bits per heavy atom. The van der Waals surface area contributed by atoms with Crippen LogP contribution in [0, 0.1) is 12.7 Å². The summed E-state index contributed by atoms with van der Waals surface area (Å²) in [5.74, 6) is 1.15. The molecule has 170 valence electrons. The lowest BCUT2D eigenvalue weighted by atomic mass is 10.1. The van der Waals surface area contributed by atoms with Crippen LogP contribution in [0.3, 0.4) is 0 Å². The molecule has 0 radical (unpaired) electrons. The van der Waals surface area contributed by atoms with Gasteiger partial charge in [-0.1, -0.05) is 12.1 Å². The number of piperazine rings is 1. The monoisotopic (exact) mass is 431 g/mol. The number of hydrogen-bond acceptors (Lipinski definition) is 6. The van der Waals surface area contributed by atoms with Crippen molar-refractivity contribution in [3.05, 3.63) is 58.9 Å². The Morgan fingerprint density at radius 2 is 1.81 bits per heavy atom. The second-order valence-electron chi connectivity index (χ2n) is 8.22. The zero-order chi connectivity index (χ0) is 22.2. The summed E-state index contributed by atoms with van der Waals surface area (Å²) in [5.41, 5.74) is 2.94. The number of halogens is 1. The van der Waals surface area contributed by atoms with Gasteiger partial charge in [-0.3, -0.25) is 4.90 Å². The molecule has 1 heterocycles. The van der Waals surface area contributed by atoms with E-state index in [0.717, 1.165) is 42.9 Å². The number of aryl methyl sites for hydroxylation is 1. The van der Waals surface area contributed by atoms with E-state index in [1.54, 1.807) is 19.2 Å². The van der Waals surface area contributed by atoms with Crippen LogP contribution in [-0.2, 0) is 13.1 Å². The molecule has 0 unspecified atom stereocenters. The van der Waals surface area contributed by atoms with Crippen LogP contribution in [0.25, 0.3) is 0 Å². The Bertz CT molecular complexity index is 841. The van der Waals surface area contributed by atoms with Gasteiger partial charge < -0.3 is 24.8 Å². The normalized spacial score (nSPS) is 16.3. The van der Waals surface area contributed by atoms with E-state index in [4.69, 9.17) is 9.47 Å². The molecule has 31 heavy (non-hydrogen) atoms. The van der Waals surface area contributed by atoms with E-state index >= 15 is 0 Å². The summed E-state index contributed by atoms with van der Waals surface area (Å²) in [5, 5.41) is 13.8. The molecule has 0 spiro atoms. The van der Waals surface area contributed by atoms with Gasteiger partial charge in [-0.2, -0.15) is 0 Å². The van der Waals surface area contributed by atoms with Crippen molar-refractivity contribution in [2.75, 3.05) is 53.5 Å². The summed E-state index contributed by atoms with van der Waals surface area (Å²) in [6.07, 6.45) is -0.564. The highest BCUT2D eigenvalue weighted by Gasteiger charge is 2.18. The Morgan fingerprint density at radius 3 is 2.55 bits per heavy atom. The molecule has 2 N–H and O–H groups in total. The fraction of sp³-hybridized carbons (Fsp3) is 0.500. The third-order valence-electron chi connectivity index (χ3n) is 5.71. The number of rotatable bonds is 10. The van der Waals surface area contributed by atoms with E-state index in [1.807, 2.05) is 25.1 Å². The minimum atomic E-state index is -0.564. The van der Waals surface area contributed by atoms with Crippen LogP contribution < -0.4 is 14.8 Å². The molecular weight excluding hydrogens is 397 g/mol. The summed E-state index contributed by atoms with van der Waals surface area (Å²) >= 11 is 0. The standard InChI is InChI=1S/C24H34FN3O3/c1-18-4-6-21(25)12-20(18)15-26-14-19-5-7-23(30-3)13-24(19)31-17-22(29)16-28-10-8-27(2)9-11-28/h4-7,12-13,22,26,29H,8-11,14-17H2,1-3H3/t22-/m1/s1. The molecule has 1 atom stereocenters. The van der Waals surface area contributed by atoms with Crippen LogP contribution in [0.5, 0.6) is 11.5 Å². The average molecular weight is 432 g/mol. The zero-order valence-corrected chi connectivity index (χ0v) is 18.7. The zero-order valence-electron chi connectivity index (χ0n) is 18.7. The predicted molar refractivity (Wildman–Crippen MR) is 120 cm³/mol. The number of aliphatic hydroxyl groups excluding tert-OH is 1. The van der Waals surface area contributed by atoms with Crippen LogP contribution >= 0.6 is 0 Å². The number of β-amino-alcohol motifs (C(OH)–C–C–N with tert-alkyl or cyclic N) is 1. The van der Waals surface area contributed by atoms with Crippen LogP contribution in [-0.4, -0.2) is 74.5 Å². The number of nitrogens with zero attached hydrogens (tertiary/aromatic N) is 2. The topological polar surface area (TPSA) is 57.2 Å².